The fourth-order valence-electron chi connectivity index (χ4n) is 1.23. The van der Waals surface area contributed by atoms with Crippen LogP contribution in [0.2, 0.25) is 0 Å². The third-order valence-electron chi connectivity index (χ3n) is 2.35. The van der Waals surface area contributed by atoms with E-state index in [0.717, 1.165) is 5.56 Å². The van der Waals surface area contributed by atoms with Crippen molar-refractivity contribution in [3.63, 3.8) is 0 Å². The smallest absolute Gasteiger partial charge is 0.313 e. The molecule has 0 radical (unpaired) electrons. The minimum atomic E-state index is -0.266. The van der Waals surface area contributed by atoms with Crippen LogP contribution in [0.4, 0.5) is 0 Å². The van der Waals surface area contributed by atoms with Crippen molar-refractivity contribution in [3.05, 3.63) is 30.1 Å². The van der Waals surface area contributed by atoms with Gasteiger partial charge in [0.1, 0.15) is 12.7 Å². The first-order valence-electron chi connectivity index (χ1n) is 4.95. The zero-order valence-electron chi connectivity index (χ0n) is 8.55. The van der Waals surface area contributed by atoms with E-state index in [0.29, 0.717) is 13.2 Å². The molecule has 1 aliphatic heterocycles. The molecule has 0 aromatic carbocycles. The number of esters is 1. The normalized spacial score (nSPS) is 20.7. The molecule has 0 saturated carbocycles. The summed E-state index contributed by atoms with van der Waals surface area (Å²) in [6.45, 7) is 2.88. The molecule has 4 nitrogen and oxygen atoms in total. The molecule has 0 amide bonds. The Morgan fingerprint density at radius 2 is 2.60 bits per heavy atom. The van der Waals surface area contributed by atoms with Gasteiger partial charge in [0, 0.05) is 12.4 Å². The predicted molar refractivity (Wildman–Crippen MR) is 53.4 cm³/mol. The van der Waals surface area contributed by atoms with Crippen LogP contribution in [0.15, 0.2) is 24.5 Å². The topological polar surface area (TPSA) is 51.7 Å². The minimum Gasteiger partial charge on any atom is -0.462 e. The monoisotopic (exact) mass is 207 g/mol. The Morgan fingerprint density at radius 3 is 3.20 bits per heavy atom. The second kappa shape index (κ2) is 4.40. The van der Waals surface area contributed by atoms with Gasteiger partial charge in [0.2, 0.25) is 0 Å². The molecule has 4 heteroatoms. The quantitative estimate of drug-likeness (QED) is 0.548. The number of carbonyl (C=O) groups is 1. The highest BCUT2D eigenvalue weighted by atomic mass is 16.6. The zero-order chi connectivity index (χ0) is 10.7. The number of aromatic nitrogens is 1. The fourth-order valence-corrected chi connectivity index (χ4v) is 1.23. The maximum absolute atomic E-state index is 11.6. The fraction of sp³-hybridized carbons (Fsp3) is 0.455. The van der Waals surface area contributed by atoms with Gasteiger partial charge < -0.3 is 9.47 Å². The molecular formula is C11H13NO3. The van der Waals surface area contributed by atoms with Gasteiger partial charge in [-0.25, -0.2) is 0 Å². The predicted octanol–water partition coefficient (Wildman–Crippen LogP) is 1.13. The maximum Gasteiger partial charge on any atom is 0.313 e. The summed E-state index contributed by atoms with van der Waals surface area (Å²) in [7, 11) is 0. The van der Waals surface area contributed by atoms with Gasteiger partial charge >= 0.3 is 5.97 Å². The highest BCUT2D eigenvalue weighted by Gasteiger charge is 2.26. The second-order valence-electron chi connectivity index (χ2n) is 3.59. The molecule has 1 saturated heterocycles. The van der Waals surface area contributed by atoms with E-state index in [2.05, 4.69) is 4.98 Å². The highest BCUT2D eigenvalue weighted by Crippen LogP contribution is 2.16. The van der Waals surface area contributed by atoms with Crippen LogP contribution in [-0.4, -0.2) is 30.3 Å². The van der Waals surface area contributed by atoms with E-state index in [1.54, 1.807) is 12.4 Å². The molecule has 2 unspecified atom stereocenters. The molecule has 1 aromatic heterocycles. The number of pyridine rings is 1. The molecular weight excluding hydrogens is 194 g/mol. The van der Waals surface area contributed by atoms with Crippen LogP contribution in [0.3, 0.4) is 0 Å². The van der Waals surface area contributed by atoms with Crippen molar-refractivity contribution in [2.75, 3.05) is 13.2 Å². The summed E-state index contributed by atoms with van der Waals surface area (Å²) in [6.07, 6.45) is 3.48. The summed E-state index contributed by atoms with van der Waals surface area (Å²) in [4.78, 5) is 15.5. The SMILES string of the molecule is CC(C(=O)OCC1CO1)c1cccnc1. The van der Waals surface area contributed by atoms with Gasteiger partial charge in [-0.05, 0) is 18.6 Å². The third kappa shape index (κ3) is 2.76. The van der Waals surface area contributed by atoms with Crippen molar-refractivity contribution in [2.45, 2.75) is 18.9 Å². The number of nitrogens with zero attached hydrogens (tertiary/aromatic N) is 1. The lowest BCUT2D eigenvalue weighted by molar-refractivity contribution is -0.145. The summed E-state index contributed by atoms with van der Waals surface area (Å²) in [5.41, 5.74) is 0.874. The van der Waals surface area contributed by atoms with Crippen LogP contribution >= 0.6 is 0 Å². The van der Waals surface area contributed by atoms with Crippen LogP contribution in [-0.2, 0) is 14.3 Å². The molecule has 1 aromatic rings. The Balaban J connectivity index is 1.88. The number of hydrogen-bond donors (Lipinski definition) is 0. The van der Waals surface area contributed by atoms with Gasteiger partial charge in [-0.2, -0.15) is 0 Å². The molecule has 0 bridgehead atoms. The standard InChI is InChI=1S/C11H13NO3/c1-8(9-3-2-4-12-5-9)11(13)15-7-10-6-14-10/h2-5,8,10H,6-7H2,1H3. The molecule has 1 aliphatic rings. The van der Waals surface area contributed by atoms with E-state index < -0.39 is 0 Å². The average molecular weight is 207 g/mol. The highest BCUT2D eigenvalue weighted by molar-refractivity contribution is 5.77. The Kier molecular flexibility index (Phi) is 2.97. The third-order valence-corrected chi connectivity index (χ3v) is 2.35. The number of carbonyl (C=O) groups excluding carboxylic acids is 1. The molecule has 2 heterocycles. The Labute approximate surface area is 88.2 Å². The summed E-state index contributed by atoms with van der Waals surface area (Å²) >= 11 is 0. The first-order chi connectivity index (χ1) is 7.27. The van der Waals surface area contributed by atoms with Gasteiger partial charge in [0.25, 0.3) is 0 Å². The maximum atomic E-state index is 11.6. The van der Waals surface area contributed by atoms with E-state index in [-0.39, 0.29) is 18.0 Å². The Hall–Kier alpha value is -1.42. The van der Waals surface area contributed by atoms with Gasteiger partial charge in [-0.15, -0.1) is 0 Å². The largest absolute Gasteiger partial charge is 0.462 e. The van der Waals surface area contributed by atoms with E-state index in [4.69, 9.17) is 9.47 Å². The van der Waals surface area contributed by atoms with Crippen LogP contribution in [0, 0.1) is 0 Å². The second-order valence-corrected chi connectivity index (χ2v) is 3.59. The minimum absolute atomic E-state index is 0.120. The molecule has 2 rings (SSSR count). The lowest BCUT2D eigenvalue weighted by Gasteiger charge is -2.10. The van der Waals surface area contributed by atoms with Crippen molar-refractivity contribution in [1.82, 2.24) is 4.98 Å². The average Bonchev–Trinajstić information content (AvgIpc) is 3.10. The van der Waals surface area contributed by atoms with E-state index >= 15 is 0 Å². The number of epoxide rings is 1. The summed E-state index contributed by atoms with van der Waals surface area (Å²) < 4.78 is 10.0. The number of hydrogen-bond acceptors (Lipinski definition) is 4. The summed E-state index contributed by atoms with van der Waals surface area (Å²) in [5.74, 6) is -0.490. The molecule has 0 spiro atoms. The van der Waals surface area contributed by atoms with Gasteiger partial charge in [0.05, 0.1) is 12.5 Å². The van der Waals surface area contributed by atoms with E-state index in [1.165, 1.54) is 0 Å². The molecule has 2 atom stereocenters. The number of ether oxygens (including phenoxy) is 2. The Bertz CT molecular complexity index is 335. The first-order valence-corrected chi connectivity index (χ1v) is 4.95. The van der Waals surface area contributed by atoms with Crippen molar-refractivity contribution in [2.24, 2.45) is 0 Å². The summed E-state index contributed by atoms with van der Waals surface area (Å²) in [6, 6.07) is 3.68. The van der Waals surface area contributed by atoms with Gasteiger partial charge in [0.15, 0.2) is 0 Å². The zero-order valence-corrected chi connectivity index (χ0v) is 8.55. The Morgan fingerprint density at radius 1 is 1.80 bits per heavy atom. The molecule has 15 heavy (non-hydrogen) atoms. The lowest BCUT2D eigenvalue weighted by atomic mass is 10.0. The number of rotatable bonds is 4. The molecule has 0 aliphatic carbocycles. The van der Waals surface area contributed by atoms with Gasteiger partial charge in [-0.1, -0.05) is 6.07 Å². The van der Waals surface area contributed by atoms with Crippen molar-refractivity contribution >= 4 is 5.97 Å². The van der Waals surface area contributed by atoms with Crippen molar-refractivity contribution in [1.29, 1.82) is 0 Å². The summed E-state index contributed by atoms with van der Waals surface area (Å²) in [5, 5.41) is 0. The van der Waals surface area contributed by atoms with Crippen LogP contribution in [0.5, 0.6) is 0 Å². The van der Waals surface area contributed by atoms with Crippen molar-refractivity contribution < 1.29 is 14.3 Å². The first kappa shape index (κ1) is 10.1. The van der Waals surface area contributed by atoms with Gasteiger partial charge in [-0.3, -0.25) is 9.78 Å². The van der Waals surface area contributed by atoms with Crippen LogP contribution in [0.1, 0.15) is 18.4 Å². The molecule has 0 N–H and O–H groups in total. The van der Waals surface area contributed by atoms with E-state index in [1.807, 2.05) is 19.1 Å². The molecule has 80 valence electrons. The molecule has 1 fully saturated rings. The van der Waals surface area contributed by atoms with E-state index in [9.17, 15) is 4.79 Å². The lowest BCUT2D eigenvalue weighted by Crippen LogP contribution is -2.16. The van der Waals surface area contributed by atoms with Crippen molar-refractivity contribution in [3.8, 4) is 0 Å². The van der Waals surface area contributed by atoms with Crippen LogP contribution in [0.25, 0.3) is 0 Å². The van der Waals surface area contributed by atoms with Crippen LogP contribution < -0.4 is 0 Å².